The first kappa shape index (κ1) is 17.2. The zero-order valence-corrected chi connectivity index (χ0v) is 12.4. The number of para-hydroxylation sites is 1. The van der Waals surface area contributed by atoms with E-state index in [9.17, 15) is 9.36 Å². The van der Waals surface area contributed by atoms with Gasteiger partial charge in [-0.2, -0.15) is 0 Å². The number of phosphoric ester groups is 1. The van der Waals surface area contributed by atoms with Crippen molar-refractivity contribution in [2.24, 2.45) is 0 Å². The standard InChI is InChI=1S/C14H17O6P/c1-3-10-18-21(16,19-12-11-17-14(15)4-2)20-13-8-6-5-7-9-13/h3-9H,1-2,10-12H2. The highest BCUT2D eigenvalue weighted by Crippen LogP contribution is 2.49. The van der Waals surface area contributed by atoms with Crippen LogP contribution in [0.1, 0.15) is 0 Å². The van der Waals surface area contributed by atoms with Crippen LogP contribution in [0.5, 0.6) is 5.75 Å². The van der Waals surface area contributed by atoms with Crippen molar-refractivity contribution in [3.63, 3.8) is 0 Å². The molecule has 0 heterocycles. The molecule has 0 aliphatic carbocycles. The maximum Gasteiger partial charge on any atom is 0.530 e. The number of benzene rings is 1. The Balaban J connectivity index is 2.56. The van der Waals surface area contributed by atoms with Crippen molar-refractivity contribution in [1.29, 1.82) is 0 Å². The highest BCUT2D eigenvalue weighted by molar-refractivity contribution is 7.48. The lowest BCUT2D eigenvalue weighted by molar-refractivity contribution is -0.138. The lowest BCUT2D eigenvalue weighted by Crippen LogP contribution is -2.10. The van der Waals surface area contributed by atoms with E-state index in [-0.39, 0.29) is 19.8 Å². The summed E-state index contributed by atoms with van der Waals surface area (Å²) in [6, 6.07) is 8.46. The van der Waals surface area contributed by atoms with Gasteiger partial charge in [-0.15, -0.1) is 6.58 Å². The number of hydrogen-bond donors (Lipinski definition) is 0. The maximum atomic E-state index is 12.4. The molecule has 0 amide bonds. The van der Waals surface area contributed by atoms with Crippen molar-refractivity contribution in [1.82, 2.24) is 0 Å². The summed E-state index contributed by atoms with van der Waals surface area (Å²) in [5, 5.41) is 0. The van der Waals surface area contributed by atoms with Gasteiger partial charge in [-0.1, -0.05) is 30.9 Å². The van der Waals surface area contributed by atoms with Gasteiger partial charge in [-0.05, 0) is 12.1 Å². The van der Waals surface area contributed by atoms with E-state index in [1.165, 1.54) is 6.08 Å². The monoisotopic (exact) mass is 312 g/mol. The third kappa shape index (κ3) is 6.90. The normalized spacial score (nSPS) is 13.0. The number of ether oxygens (including phenoxy) is 1. The Bertz CT molecular complexity index is 513. The average molecular weight is 312 g/mol. The molecule has 21 heavy (non-hydrogen) atoms. The molecule has 0 bridgehead atoms. The minimum absolute atomic E-state index is 0.00342. The van der Waals surface area contributed by atoms with Gasteiger partial charge in [0.05, 0.1) is 13.2 Å². The van der Waals surface area contributed by atoms with Crippen molar-refractivity contribution >= 4 is 13.8 Å². The number of phosphoric acid groups is 1. The fourth-order valence-corrected chi connectivity index (χ4v) is 2.34. The van der Waals surface area contributed by atoms with Gasteiger partial charge in [-0.3, -0.25) is 9.05 Å². The van der Waals surface area contributed by atoms with Crippen LogP contribution in [0.25, 0.3) is 0 Å². The van der Waals surface area contributed by atoms with Gasteiger partial charge in [0, 0.05) is 6.08 Å². The predicted molar refractivity (Wildman–Crippen MR) is 77.9 cm³/mol. The van der Waals surface area contributed by atoms with E-state index in [2.05, 4.69) is 13.2 Å². The van der Waals surface area contributed by atoms with Crippen molar-refractivity contribution in [3.8, 4) is 5.75 Å². The van der Waals surface area contributed by atoms with Crippen LogP contribution in [0.4, 0.5) is 0 Å². The largest absolute Gasteiger partial charge is 0.530 e. The summed E-state index contributed by atoms with van der Waals surface area (Å²) >= 11 is 0. The number of esters is 1. The lowest BCUT2D eigenvalue weighted by Gasteiger charge is -2.17. The van der Waals surface area contributed by atoms with Crippen LogP contribution >= 0.6 is 7.82 Å². The van der Waals surface area contributed by atoms with Crippen LogP contribution in [-0.2, 0) is 23.1 Å². The highest BCUT2D eigenvalue weighted by Gasteiger charge is 2.28. The summed E-state index contributed by atoms with van der Waals surface area (Å²) in [4.78, 5) is 10.9. The van der Waals surface area contributed by atoms with E-state index in [4.69, 9.17) is 18.3 Å². The minimum atomic E-state index is -3.81. The zero-order valence-electron chi connectivity index (χ0n) is 11.5. The van der Waals surface area contributed by atoms with E-state index in [1.54, 1.807) is 30.3 Å². The van der Waals surface area contributed by atoms with E-state index >= 15 is 0 Å². The van der Waals surface area contributed by atoms with Crippen LogP contribution in [0.3, 0.4) is 0 Å². The molecule has 0 saturated heterocycles. The lowest BCUT2D eigenvalue weighted by atomic mass is 10.3. The molecule has 1 aromatic carbocycles. The molecule has 0 radical (unpaired) electrons. The fraction of sp³-hybridized carbons (Fsp3) is 0.214. The van der Waals surface area contributed by atoms with Gasteiger partial charge < -0.3 is 9.26 Å². The molecule has 114 valence electrons. The molecular weight excluding hydrogens is 295 g/mol. The Kier molecular flexibility index (Phi) is 7.46. The molecule has 0 N–H and O–H groups in total. The maximum absolute atomic E-state index is 12.4. The van der Waals surface area contributed by atoms with Crippen LogP contribution in [-0.4, -0.2) is 25.8 Å². The summed E-state index contributed by atoms with van der Waals surface area (Å²) in [5.41, 5.74) is 0. The molecule has 0 saturated carbocycles. The number of hydrogen-bond acceptors (Lipinski definition) is 6. The molecule has 1 atom stereocenters. The van der Waals surface area contributed by atoms with Crippen LogP contribution in [0.2, 0.25) is 0 Å². The number of rotatable bonds is 10. The van der Waals surface area contributed by atoms with Crippen molar-refractivity contribution in [2.45, 2.75) is 0 Å². The summed E-state index contributed by atoms with van der Waals surface area (Å²) in [5.74, 6) is -0.252. The third-order valence-electron chi connectivity index (χ3n) is 2.05. The molecule has 0 fully saturated rings. The average Bonchev–Trinajstić information content (AvgIpc) is 2.50. The molecule has 1 rings (SSSR count). The molecule has 6 nitrogen and oxygen atoms in total. The Hall–Kier alpha value is -1.88. The van der Waals surface area contributed by atoms with Gasteiger partial charge in [0.1, 0.15) is 12.4 Å². The molecule has 0 aliphatic heterocycles. The first-order valence-electron chi connectivity index (χ1n) is 6.13. The second-order valence-electron chi connectivity index (χ2n) is 3.64. The number of carbonyl (C=O) groups excluding carboxylic acids is 1. The summed E-state index contributed by atoms with van der Waals surface area (Å²) in [6.07, 6.45) is 2.44. The third-order valence-corrected chi connectivity index (χ3v) is 3.45. The van der Waals surface area contributed by atoms with E-state index in [1.807, 2.05) is 0 Å². The summed E-state index contributed by atoms with van der Waals surface area (Å²) in [6.45, 7) is 6.48. The van der Waals surface area contributed by atoms with E-state index in [0.29, 0.717) is 5.75 Å². The topological polar surface area (TPSA) is 71.1 Å². The number of carbonyl (C=O) groups is 1. The van der Waals surface area contributed by atoms with Crippen molar-refractivity contribution < 1.29 is 27.7 Å². The highest BCUT2D eigenvalue weighted by atomic mass is 31.2. The fourth-order valence-electron chi connectivity index (χ4n) is 1.19. The molecule has 0 aliphatic rings. The van der Waals surface area contributed by atoms with E-state index in [0.717, 1.165) is 6.08 Å². The van der Waals surface area contributed by atoms with Crippen LogP contribution < -0.4 is 4.52 Å². The minimum Gasteiger partial charge on any atom is -0.460 e. The first-order chi connectivity index (χ1) is 10.1. The molecule has 7 heteroatoms. The Morgan fingerprint density at radius 3 is 2.48 bits per heavy atom. The second kappa shape index (κ2) is 9.13. The second-order valence-corrected chi connectivity index (χ2v) is 5.23. The smallest absolute Gasteiger partial charge is 0.460 e. The predicted octanol–water partition coefficient (Wildman–Crippen LogP) is 3.12. The molecular formula is C14H17O6P. The van der Waals surface area contributed by atoms with Crippen molar-refractivity contribution in [3.05, 3.63) is 55.6 Å². The van der Waals surface area contributed by atoms with Gasteiger partial charge in [-0.25, -0.2) is 9.36 Å². The SMILES string of the molecule is C=CCOP(=O)(OCCOC(=O)C=C)Oc1ccccc1. The van der Waals surface area contributed by atoms with Crippen LogP contribution in [0, 0.1) is 0 Å². The van der Waals surface area contributed by atoms with Gasteiger partial charge >= 0.3 is 13.8 Å². The molecule has 1 unspecified atom stereocenters. The van der Waals surface area contributed by atoms with E-state index < -0.39 is 13.8 Å². The van der Waals surface area contributed by atoms with Gasteiger partial charge in [0.15, 0.2) is 0 Å². The Morgan fingerprint density at radius 1 is 1.14 bits per heavy atom. The Morgan fingerprint density at radius 2 is 1.86 bits per heavy atom. The molecule has 0 spiro atoms. The van der Waals surface area contributed by atoms with Crippen molar-refractivity contribution in [2.75, 3.05) is 19.8 Å². The van der Waals surface area contributed by atoms with Gasteiger partial charge in [0.25, 0.3) is 0 Å². The van der Waals surface area contributed by atoms with Crippen LogP contribution in [0.15, 0.2) is 55.6 Å². The molecule has 1 aromatic rings. The zero-order chi connectivity index (χ0) is 15.6. The summed E-state index contributed by atoms with van der Waals surface area (Å²) < 4.78 is 32.5. The summed E-state index contributed by atoms with van der Waals surface area (Å²) in [7, 11) is -3.81. The first-order valence-corrected chi connectivity index (χ1v) is 7.59. The van der Waals surface area contributed by atoms with Gasteiger partial charge in [0.2, 0.25) is 0 Å². The molecule has 0 aromatic heterocycles. The quantitative estimate of drug-likeness (QED) is 0.217. The Labute approximate surface area is 123 Å².